The molecule has 38 heavy (non-hydrogen) atoms. The molecule has 1 aliphatic carbocycles. The van der Waals surface area contributed by atoms with Crippen LogP contribution in [-0.2, 0) is 23.1 Å². The van der Waals surface area contributed by atoms with Crippen LogP contribution in [0.5, 0.6) is 0 Å². The molecule has 2 aromatic carbocycles. The Bertz CT molecular complexity index is 1480. The number of carbonyl (C=O) groups is 1. The van der Waals surface area contributed by atoms with Gasteiger partial charge in [0.1, 0.15) is 22.8 Å². The van der Waals surface area contributed by atoms with Gasteiger partial charge in [-0.25, -0.2) is 8.42 Å². The molecule has 1 aliphatic heterocycles. The second kappa shape index (κ2) is 11.0. The van der Waals surface area contributed by atoms with Crippen molar-refractivity contribution in [2.75, 3.05) is 20.1 Å². The van der Waals surface area contributed by atoms with Crippen molar-refractivity contribution in [1.29, 1.82) is 0 Å². The van der Waals surface area contributed by atoms with E-state index in [-0.39, 0.29) is 33.4 Å². The van der Waals surface area contributed by atoms with Crippen LogP contribution in [0.25, 0.3) is 0 Å². The van der Waals surface area contributed by atoms with Crippen molar-refractivity contribution >= 4 is 60.9 Å². The van der Waals surface area contributed by atoms with Crippen LogP contribution in [0.1, 0.15) is 40.1 Å². The van der Waals surface area contributed by atoms with Crippen LogP contribution in [0.2, 0.25) is 10.0 Å². The van der Waals surface area contributed by atoms with Gasteiger partial charge in [0, 0.05) is 36.2 Å². The number of sulfonamides is 1. The highest BCUT2D eigenvalue weighted by Gasteiger charge is 2.40. The summed E-state index contributed by atoms with van der Waals surface area (Å²) in [5.41, 5.74) is 2.33. The smallest absolute Gasteiger partial charge is 0.257 e. The van der Waals surface area contributed by atoms with Crippen LogP contribution in [0.15, 0.2) is 67.5 Å². The first-order valence-electron chi connectivity index (χ1n) is 12.0. The summed E-state index contributed by atoms with van der Waals surface area (Å²) in [5.74, 6) is 1.01. The van der Waals surface area contributed by atoms with Crippen molar-refractivity contribution < 1.29 is 17.6 Å². The van der Waals surface area contributed by atoms with Gasteiger partial charge in [-0.15, -0.1) is 0 Å². The molecule has 2 aliphatic rings. The standard InChI is InChI=1S/C26H25BrCl2N4O4S/c1-32(13-16-2-4-17(5-3-16)25-30-8-9-31-25)26(34)18-10-21(37-15-18)14-33(20-6-7-20)38(35,36)24-22(28)11-19(27)12-23(24)29/h2-5,10-12,15,20H,6-9,13-14H2,1H3,(H,30,31). The van der Waals surface area contributed by atoms with E-state index in [1.165, 1.54) is 22.7 Å². The van der Waals surface area contributed by atoms with Crippen LogP contribution < -0.4 is 5.32 Å². The van der Waals surface area contributed by atoms with Crippen LogP contribution in [-0.4, -0.2) is 55.5 Å². The number of rotatable bonds is 9. The predicted octanol–water partition coefficient (Wildman–Crippen LogP) is 5.32. The fourth-order valence-corrected chi connectivity index (χ4v) is 7.86. The van der Waals surface area contributed by atoms with E-state index in [2.05, 4.69) is 26.2 Å². The number of halogens is 3. The van der Waals surface area contributed by atoms with Crippen molar-refractivity contribution in [1.82, 2.24) is 14.5 Å². The van der Waals surface area contributed by atoms with Crippen LogP contribution in [0.3, 0.4) is 0 Å². The third-order valence-corrected chi connectivity index (χ3v) is 9.64. The molecule has 8 nitrogen and oxygen atoms in total. The number of carbonyl (C=O) groups excluding carboxylic acids is 1. The monoisotopic (exact) mass is 638 g/mol. The number of amidine groups is 1. The second-order valence-corrected chi connectivity index (χ2v) is 12.9. The van der Waals surface area contributed by atoms with E-state index < -0.39 is 10.0 Å². The lowest BCUT2D eigenvalue weighted by atomic mass is 10.1. The highest BCUT2D eigenvalue weighted by Crippen LogP contribution is 2.39. The van der Waals surface area contributed by atoms with E-state index >= 15 is 0 Å². The minimum Gasteiger partial charge on any atom is -0.467 e. The molecule has 0 atom stereocenters. The fraction of sp³-hybridized carbons (Fsp3) is 0.308. The second-order valence-electron chi connectivity index (χ2n) is 9.30. The minimum absolute atomic E-state index is 0.0347. The first-order chi connectivity index (χ1) is 18.1. The Morgan fingerprint density at radius 3 is 2.42 bits per heavy atom. The van der Waals surface area contributed by atoms with E-state index in [1.807, 2.05) is 24.3 Å². The van der Waals surface area contributed by atoms with Crippen molar-refractivity contribution in [2.24, 2.45) is 4.99 Å². The third kappa shape index (κ3) is 5.79. The van der Waals surface area contributed by atoms with E-state index in [0.29, 0.717) is 22.3 Å². The minimum atomic E-state index is -4.01. The number of nitrogens with one attached hydrogen (secondary N) is 1. The first-order valence-corrected chi connectivity index (χ1v) is 15.0. The number of amides is 1. The average Bonchev–Trinajstić information content (AvgIpc) is 3.34. The molecule has 1 saturated carbocycles. The van der Waals surface area contributed by atoms with Gasteiger partial charge in [-0.1, -0.05) is 63.4 Å². The molecule has 0 saturated heterocycles. The Morgan fingerprint density at radius 1 is 1.13 bits per heavy atom. The molecule has 12 heteroatoms. The summed E-state index contributed by atoms with van der Waals surface area (Å²) in [4.78, 5) is 18.9. The van der Waals surface area contributed by atoms with Gasteiger partial charge in [0.25, 0.3) is 5.91 Å². The molecule has 1 N–H and O–H groups in total. The number of hydrogen-bond acceptors (Lipinski definition) is 6. The summed E-state index contributed by atoms with van der Waals surface area (Å²) in [6.45, 7) is 1.99. The topological polar surface area (TPSA) is 95.2 Å². The maximum absolute atomic E-state index is 13.5. The Morgan fingerprint density at radius 2 is 1.82 bits per heavy atom. The molecule has 0 bridgehead atoms. The molecule has 0 radical (unpaired) electrons. The van der Waals surface area contributed by atoms with Crippen LogP contribution in [0.4, 0.5) is 0 Å². The molecule has 1 amide bonds. The summed E-state index contributed by atoms with van der Waals surface area (Å²) in [6.07, 6.45) is 2.81. The zero-order valence-electron chi connectivity index (χ0n) is 20.5. The Hall–Kier alpha value is -2.37. The molecule has 1 fully saturated rings. The van der Waals surface area contributed by atoms with Gasteiger partial charge in [0.05, 0.1) is 28.7 Å². The molecule has 200 valence electrons. The number of benzene rings is 2. The van der Waals surface area contributed by atoms with Gasteiger partial charge >= 0.3 is 0 Å². The highest BCUT2D eigenvalue weighted by molar-refractivity contribution is 9.10. The largest absolute Gasteiger partial charge is 0.467 e. The van der Waals surface area contributed by atoms with Gasteiger partial charge in [-0.2, -0.15) is 4.31 Å². The van der Waals surface area contributed by atoms with E-state index in [9.17, 15) is 13.2 Å². The number of aliphatic imine (C=N–C) groups is 1. The summed E-state index contributed by atoms with van der Waals surface area (Å²) >= 11 is 15.8. The van der Waals surface area contributed by atoms with Crippen molar-refractivity contribution in [3.63, 3.8) is 0 Å². The first kappa shape index (κ1) is 27.2. The third-order valence-electron chi connectivity index (χ3n) is 6.36. The number of hydrogen-bond donors (Lipinski definition) is 1. The predicted molar refractivity (Wildman–Crippen MR) is 150 cm³/mol. The molecule has 0 spiro atoms. The van der Waals surface area contributed by atoms with Gasteiger partial charge in [0.15, 0.2) is 0 Å². The summed E-state index contributed by atoms with van der Waals surface area (Å²) in [5, 5.41) is 3.31. The van der Waals surface area contributed by atoms with E-state index in [1.54, 1.807) is 18.0 Å². The number of furan rings is 1. The molecule has 1 aromatic heterocycles. The quantitative estimate of drug-likeness (QED) is 0.342. The molecule has 2 heterocycles. The molecular weight excluding hydrogens is 615 g/mol. The lowest BCUT2D eigenvalue weighted by Gasteiger charge is -2.22. The SMILES string of the molecule is CN(Cc1ccc(C2=NCCN2)cc1)C(=O)c1coc(CN(C2CC2)S(=O)(=O)c2c(Cl)cc(Br)cc2Cl)c1. The highest BCUT2D eigenvalue weighted by atomic mass is 79.9. The summed E-state index contributed by atoms with van der Waals surface area (Å²) in [6, 6.07) is 12.3. The average molecular weight is 640 g/mol. The molecular formula is C26H25BrCl2N4O4S. The fourth-order valence-electron chi connectivity index (χ4n) is 4.32. The van der Waals surface area contributed by atoms with Crippen molar-refractivity contribution in [3.05, 3.63) is 85.7 Å². The van der Waals surface area contributed by atoms with Crippen molar-refractivity contribution in [3.8, 4) is 0 Å². The van der Waals surface area contributed by atoms with E-state index in [0.717, 1.165) is 42.9 Å². The maximum atomic E-state index is 13.5. The Balaban J connectivity index is 1.28. The van der Waals surface area contributed by atoms with Crippen molar-refractivity contribution in [2.45, 2.75) is 36.9 Å². The Kier molecular flexibility index (Phi) is 7.89. The maximum Gasteiger partial charge on any atom is 0.257 e. The lowest BCUT2D eigenvalue weighted by molar-refractivity contribution is 0.0784. The molecule has 5 rings (SSSR count). The molecule has 0 unspecified atom stereocenters. The zero-order chi connectivity index (χ0) is 27.0. The summed E-state index contributed by atoms with van der Waals surface area (Å²) in [7, 11) is -2.30. The van der Waals surface area contributed by atoms with Gasteiger partial charge in [-0.05, 0) is 36.6 Å². The lowest BCUT2D eigenvalue weighted by Crippen LogP contribution is -2.33. The summed E-state index contributed by atoms with van der Waals surface area (Å²) < 4.78 is 34.6. The van der Waals surface area contributed by atoms with E-state index in [4.69, 9.17) is 27.6 Å². The molecule has 3 aromatic rings. The van der Waals surface area contributed by atoms with Gasteiger partial charge in [-0.3, -0.25) is 9.79 Å². The normalized spacial score (nSPS) is 15.4. The van der Waals surface area contributed by atoms with Crippen LogP contribution >= 0.6 is 39.1 Å². The number of nitrogens with zero attached hydrogens (tertiary/aromatic N) is 3. The van der Waals surface area contributed by atoms with Gasteiger partial charge < -0.3 is 14.6 Å². The Labute approximate surface area is 239 Å². The van der Waals surface area contributed by atoms with Gasteiger partial charge in [0.2, 0.25) is 10.0 Å². The van der Waals surface area contributed by atoms with Crippen LogP contribution in [0, 0.1) is 0 Å². The zero-order valence-corrected chi connectivity index (χ0v) is 24.4.